The second-order valence-corrected chi connectivity index (χ2v) is 12.4. The number of aromatic nitrogens is 4. The van der Waals surface area contributed by atoms with Gasteiger partial charge in [0.25, 0.3) is 0 Å². The molecule has 0 amide bonds. The second-order valence-electron chi connectivity index (χ2n) is 11.4. The van der Waals surface area contributed by atoms with Gasteiger partial charge in [-0.2, -0.15) is 0 Å². The van der Waals surface area contributed by atoms with Gasteiger partial charge in [0.1, 0.15) is 17.3 Å². The van der Waals surface area contributed by atoms with Crippen molar-refractivity contribution in [3.8, 4) is 5.75 Å². The fourth-order valence-corrected chi connectivity index (χ4v) is 7.85. The molecule has 3 N–H and O–H groups in total. The molecule has 3 atom stereocenters. The smallest absolute Gasteiger partial charge is 0.175 e. The molecule has 204 valence electrons. The maximum absolute atomic E-state index is 10.2. The topological polar surface area (TPSA) is 114 Å². The maximum atomic E-state index is 10.2. The summed E-state index contributed by atoms with van der Waals surface area (Å²) in [6.07, 6.45) is 10.7. The molecule has 0 radical (unpaired) electrons. The van der Waals surface area contributed by atoms with Crippen LogP contribution in [0.15, 0.2) is 46.7 Å². The third-order valence-corrected chi connectivity index (χ3v) is 10.2. The number of fused-ring (bicyclic) bond motifs is 4. The molecule has 9 nitrogen and oxygen atoms in total. The predicted molar refractivity (Wildman–Crippen MR) is 150 cm³/mol. The van der Waals surface area contributed by atoms with Gasteiger partial charge in [0.15, 0.2) is 17.4 Å². The zero-order chi connectivity index (χ0) is 26.6. The van der Waals surface area contributed by atoms with Gasteiger partial charge in [-0.05, 0) is 54.7 Å². The highest BCUT2D eigenvalue weighted by Crippen LogP contribution is 2.50. The van der Waals surface area contributed by atoms with Gasteiger partial charge in [-0.3, -0.25) is 4.98 Å². The van der Waals surface area contributed by atoms with Crippen molar-refractivity contribution in [3.05, 3.63) is 53.7 Å². The third kappa shape index (κ3) is 4.24. The summed E-state index contributed by atoms with van der Waals surface area (Å²) in [6, 6.07) is 6.50. The van der Waals surface area contributed by atoms with E-state index in [1.54, 1.807) is 0 Å². The van der Waals surface area contributed by atoms with Crippen LogP contribution in [-0.2, 0) is 13.0 Å². The number of piperidine rings is 1. The average molecular weight is 546 g/mol. The summed E-state index contributed by atoms with van der Waals surface area (Å²) in [5.41, 5.74) is 9.71. The minimum Gasteiger partial charge on any atom is -0.486 e. The maximum Gasteiger partial charge on any atom is 0.175 e. The Hall–Kier alpha value is -2.95. The van der Waals surface area contributed by atoms with Gasteiger partial charge in [-0.1, -0.05) is 31.2 Å². The monoisotopic (exact) mass is 545 g/mol. The molecule has 10 heteroatoms. The Kier molecular flexibility index (Phi) is 6.36. The van der Waals surface area contributed by atoms with E-state index in [0.29, 0.717) is 24.3 Å². The molecule has 1 aliphatic carbocycles. The van der Waals surface area contributed by atoms with Gasteiger partial charge < -0.3 is 25.4 Å². The average Bonchev–Trinajstić information content (AvgIpc) is 3.53. The second kappa shape index (κ2) is 9.91. The van der Waals surface area contributed by atoms with Crippen molar-refractivity contribution in [2.45, 2.75) is 67.6 Å². The van der Waals surface area contributed by atoms with E-state index in [4.69, 9.17) is 20.4 Å². The number of rotatable bonds is 5. The lowest BCUT2D eigenvalue weighted by molar-refractivity contribution is 0.186. The molecule has 7 rings (SSSR count). The number of aliphatic hydroxyl groups is 1. The van der Waals surface area contributed by atoms with Crippen LogP contribution in [-0.4, -0.2) is 57.3 Å². The van der Waals surface area contributed by atoms with Crippen molar-refractivity contribution in [1.82, 2.24) is 19.9 Å². The molecular formula is C29H35N7O2S. The number of nitrogens with zero attached hydrogens (tertiary/aromatic N) is 6. The van der Waals surface area contributed by atoms with Gasteiger partial charge in [0, 0.05) is 43.8 Å². The van der Waals surface area contributed by atoms with E-state index in [-0.39, 0.29) is 18.1 Å². The van der Waals surface area contributed by atoms with Crippen LogP contribution in [0.5, 0.6) is 5.75 Å². The summed E-state index contributed by atoms with van der Waals surface area (Å²) in [5, 5.41) is 11.0. The Morgan fingerprint density at radius 2 is 2.03 bits per heavy atom. The van der Waals surface area contributed by atoms with Crippen LogP contribution in [0.1, 0.15) is 55.6 Å². The highest BCUT2D eigenvalue weighted by Gasteiger charge is 2.47. The molecule has 2 fully saturated rings. The number of anilines is 2. The standard InChI is InChI=1S/C29H35N7O2S/c1-2-18-12-19-17-38-25-23(5-9-32-28(25)36(19)15-18)39-24-14-33-27(22(16-37)34-24)35-10-6-29(7-11-35)13-21-20(26(29)30)4-3-8-31-21/h3-5,8-9,14,18-19,26,37H,2,6-7,10-13,15-17,30H2,1H3/t18-,19+,26-/m1/s1. The number of nitrogens with two attached hydrogens (primary N) is 1. The van der Waals surface area contributed by atoms with Crippen LogP contribution in [0.2, 0.25) is 0 Å². The molecule has 2 saturated heterocycles. The summed E-state index contributed by atoms with van der Waals surface area (Å²) >= 11 is 1.52. The Morgan fingerprint density at radius 1 is 1.15 bits per heavy atom. The van der Waals surface area contributed by atoms with Crippen LogP contribution in [0.3, 0.4) is 0 Å². The van der Waals surface area contributed by atoms with E-state index in [1.807, 2.05) is 30.7 Å². The SMILES string of the molecule is CC[C@@H]1C[C@H]2COc3c(Sc4cnc(N5CCC6(CC5)Cc5ncccc5[C@H]6N)c(CO)n4)ccnc3N2C1. The molecule has 39 heavy (non-hydrogen) atoms. The quantitative estimate of drug-likeness (QED) is 0.491. The molecule has 0 aromatic carbocycles. The Morgan fingerprint density at radius 3 is 2.82 bits per heavy atom. The largest absolute Gasteiger partial charge is 0.486 e. The minimum atomic E-state index is -0.161. The highest BCUT2D eigenvalue weighted by molar-refractivity contribution is 7.99. The molecule has 4 aliphatic rings. The Bertz CT molecular complexity index is 1380. The fraction of sp³-hybridized carbons (Fsp3) is 0.517. The fourth-order valence-electron chi connectivity index (χ4n) is 6.99. The summed E-state index contributed by atoms with van der Waals surface area (Å²) in [6.45, 7) is 5.48. The minimum absolute atomic E-state index is 0.0164. The van der Waals surface area contributed by atoms with Crippen molar-refractivity contribution in [2.75, 3.05) is 36.0 Å². The van der Waals surface area contributed by atoms with E-state index >= 15 is 0 Å². The van der Waals surface area contributed by atoms with E-state index in [9.17, 15) is 5.11 Å². The van der Waals surface area contributed by atoms with E-state index in [0.717, 1.165) is 78.3 Å². The third-order valence-electron chi connectivity index (χ3n) is 9.28. The summed E-state index contributed by atoms with van der Waals surface area (Å²) in [5.74, 6) is 3.21. The first-order valence-electron chi connectivity index (χ1n) is 14.1. The lowest BCUT2D eigenvalue weighted by atomic mass is 9.73. The summed E-state index contributed by atoms with van der Waals surface area (Å²) in [7, 11) is 0. The van der Waals surface area contributed by atoms with Crippen LogP contribution in [0.4, 0.5) is 11.6 Å². The van der Waals surface area contributed by atoms with Crippen molar-refractivity contribution in [3.63, 3.8) is 0 Å². The van der Waals surface area contributed by atoms with Gasteiger partial charge in [0.2, 0.25) is 0 Å². The molecule has 6 heterocycles. The number of pyridine rings is 2. The molecule has 3 aromatic rings. The van der Waals surface area contributed by atoms with Gasteiger partial charge in [-0.25, -0.2) is 15.0 Å². The Balaban J connectivity index is 1.08. The number of aliphatic hydroxyl groups excluding tert-OH is 1. The van der Waals surface area contributed by atoms with Crippen LogP contribution >= 0.6 is 11.8 Å². The first-order valence-corrected chi connectivity index (χ1v) is 14.9. The van der Waals surface area contributed by atoms with Crippen molar-refractivity contribution in [2.24, 2.45) is 17.1 Å². The van der Waals surface area contributed by atoms with Crippen LogP contribution < -0.4 is 20.3 Å². The first kappa shape index (κ1) is 25.0. The van der Waals surface area contributed by atoms with Crippen molar-refractivity contribution in [1.29, 1.82) is 0 Å². The first-order chi connectivity index (χ1) is 19.1. The van der Waals surface area contributed by atoms with Crippen molar-refractivity contribution < 1.29 is 9.84 Å². The number of hydrogen-bond donors (Lipinski definition) is 2. The normalized spacial score (nSPS) is 24.8. The lowest BCUT2D eigenvalue weighted by Crippen LogP contribution is -2.45. The zero-order valence-electron chi connectivity index (χ0n) is 22.3. The number of hydrogen-bond acceptors (Lipinski definition) is 10. The van der Waals surface area contributed by atoms with Crippen molar-refractivity contribution >= 4 is 23.4 Å². The molecular weight excluding hydrogens is 510 g/mol. The molecule has 3 aromatic heterocycles. The van der Waals surface area contributed by atoms with Crippen LogP contribution in [0.25, 0.3) is 0 Å². The molecule has 3 aliphatic heterocycles. The molecule has 1 spiro atoms. The molecule has 0 saturated carbocycles. The van der Waals surface area contributed by atoms with Gasteiger partial charge in [-0.15, -0.1) is 0 Å². The van der Waals surface area contributed by atoms with E-state index in [2.05, 4.69) is 32.8 Å². The summed E-state index contributed by atoms with van der Waals surface area (Å²) < 4.78 is 6.24. The highest BCUT2D eigenvalue weighted by atomic mass is 32.2. The van der Waals surface area contributed by atoms with Gasteiger partial charge >= 0.3 is 0 Å². The number of ether oxygens (including phenoxy) is 1. The Labute approximate surface area is 233 Å². The lowest BCUT2D eigenvalue weighted by Gasteiger charge is -2.42. The van der Waals surface area contributed by atoms with Gasteiger partial charge in [0.05, 0.1) is 23.7 Å². The summed E-state index contributed by atoms with van der Waals surface area (Å²) in [4.78, 5) is 24.5. The molecule has 0 bridgehead atoms. The predicted octanol–water partition coefficient (Wildman–Crippen LogP) is 3.75. The molecule has 0 unspecified atom stereocenters. The van der Waals surface area contributed by atoms with E-state index in [1.165, 1.54) is 23.7 Å². The van der Waals surface area contributed by atoms with Crippen LogP contribution in [0, 0.1) is 11.3 Å². The zero-order valence-corrected chi connectivity index (χ0v) is 23.1. The van der Waals surface area contributed by atoms with E-state index < -0.39 is 0 Å².